The lowest BCUT2D eigenvalue weighted by Gasteiger charge is -2.33. The molecular formula is C20H29ClN2O. The first-order valence-electron chi connectivity index (χ1n) is 9.30. The van der Waals surface area contributed by atoms with Gasteiger partial charge in [-0.2, -0.15) is 0 Å². The lowest BCUT2D eigenvalue weighted by molar-refractivity contribution is -0.133. The Bertz CT molecular complexity index is 579. The first kappa shape index (κ1) is 17.8. The van der Waals surface area contributed by atoms with Crippen molar-refractivity contribution in [2.24, 2.45) is 11.8 Å². The minimum Gasteiger partial charge on any atom is -0.342 e. The minimum atomic E-state index is 0. The molecule has 0 spiro atoms. The molecule has 3 fully saturated rings. The molecule has 0 bridgehead atoms. The minimum absolute atomic E-state index is 0. The van der Waals surface area contributed by atoms with Gasteiger partial charge in [0.2, 0.25) is 5.91 Å². The Balaban J connectivity index is 0.00000169. The number of likely N-dealkylation sites (tertiary alicyclic amines) is 1. The molecule has 2 aliphatic carbocycles. The zero-order chi connectivity index (χ0) is 15.8. The SMILES string of the molecule is Cc1ccccc1C1CC1C(=O)N1CCC(NCC2CC2)CC1.Cl. The number of aryl methyl sites for hydroxylation is 1. The molecular weight excluding hydrogens is 320 g/mol. The summed E-state index contributed by atoms with van der Waals surface area (Å²) in [4.78, 5) is 14.9. The second-order valence-electron chi connectivity index (χ2n) is 7.76. The summed E-state index contributed by atoms with van der Waals surface area (Å²) < 4.78 is 0. The molecule has 132 valence electrons. The number of halogens is 1. The van der Waals surface area contributed by atoms with Crippen LogP contribution >= 0.6 is 12.4 Å². The number of piperidine rings is 1. The smallest absolute Gasteiger partial charge is 0.226 e. The summed E-state index contributed by atoms with van der Waals surface area (Å²) in [5.41, 5.74) is 2.71. The number of hydrogen-bond donors (Lipinski definition) is 1. The van der Waals surface area contributed by atoms with Gasteiger partial charge in [-0.05, 0) is 68.5 Å². The van der Waals surface area contributed by atoms with Crippen LogP contribution in [0.1, 0.15) is 49.1 Å². The maximum atomic E-state index is 12.7. The average Bonchev–Trinajstić information content (AvgIpc) is 3.47. The van der Waals surface area contributed by atoms with E-state index in [1.165, 1.54) is 30.5 Å². The average molecular weight is 349 g/mol. The molecule has 2 atom stereocenters. The summed E-state index contributed by atoms with van der Waals surface area (Å²) in [6, 6.07) is 9.16. The second-order valence-corrected chi connectivity index (χ2v) is 7.76. The normalized spacial score (nSPS) is 26.8. The summed E-state index contributed by atoms with van der Waals surface area (Å²) in [6.07, 6.45) is 6.11. The lowest BCUT2D eigenvalue weighted by atomic mass is 10.0. The van der Waals surface area contributed by atoms with Crippen LogP contribution in [-0.2, 0) is 4.79 Å². The number of carbonyl (C=O) groups excluding carboxylic acids is 1. The van der Waals surface area contributed by atoms with Crippen molar-refractivity contribution in [1.29, 1.82) is 0 Å². The van der Waals surface area contributed by atoms with E-state index < -0.39 is 0 Å². The van der Waals surface area contributed by atoms with Crippen LogP contribution in [0, 0.1) is 18.8 Å². The predicted octanol–water partition coefficient (Wildman–Crippen LogP) is 3.51. The highest BCUT2D eigenvalue weighted by Gasteiger charge is 2.46. The molecule has 2 saturated carbocycles. The highest BCUT2D eigenvalue weighted by Crippen LogP contribution is 2.49. The molecule has 2 unspecified atom stereocenters. The van der Waals surface area contributed by atoms with E-state index in [1.807, 2.05) is 0 Å². The summed E-state index contributed by atoms with van der Waals surface area (Å²) >= 11 is 0. The molecule has 1 heterocycles. The van der Waals surface area contributed by atoms with Crippen molar-refractivity contribution in [3.05, 3.63) is 35.4 Å². The van der Waals surface area contributed by atoms with E-state index in [0.29, 0.717) is 17.9 Å². The fourth-order valence-electron chi connectivity index (χ4n) is 4.01. The molecule has 4 heteroatoms. The number of nitrogens with one attached hydrogen (secondary N) is 1. The zero-order valence-corrected chi connectivity index (χ0v) is 15.4. The summed E-state index contributed by atoms with van der Waals surface area (Å²) in [5, 5.41) is 3.69. The highest BCUT2D eigenvalue weighted by atomic mass is 35.5. The van der Waals surface area contributed by atoms with Crippen LogP contribution in [-0.4, -0.2) is 36.5 Å². The van der Waals surface area contributed by atoms with Crippen molar-refractivity contribution in [3.63, 3.8) is 0 Å². The van der Waals surface area contributed by atoms with Gasteiger partial charge in [0.25, 0.3) is 0 Å². The van der Waals surface area contributed by atoms with Crippen LogP contribution in [0.15, 0.2) is 24.3 Å². The van der Waals surface area contributed by atoms with E-state index in [1.54, 1.807) is 0 Å². The van der Waals surface area contributed by atoms with Crippen molar-refractivity contribution in [3.8, 4) is 0 Å². The van der Waals surface area contributed by atoms with Gasteiger partial charge in [0, 0.05) is 25.0 Å². The third-order valence-corrected chi connectivity index (χ3v) is 5.89. The van der Waals surface area contributed by atoms with Crippen molar-refractivity contribution in [1.82, 2.24) is 10.2 Å². The molecule has 1 aliphatic heterocycles. The number of amides is 1. The van der Waals surface area contributed by atoms with Gasteiger partial charge in [-0.1, -0.05) is 24.3 Å². The Morgan fingerprint density at radius 1 is 1.17 bits per heavy atom. The monoisotopic (exact) mass is 348 g/mol. The molecule has 1 aromatic rings. The van der Waals surface area contributed by atoms with Gasteiger partial charge in [0.15, 0.2) is 0 Å². The van der Waals surface area contributed by atoms with Crippen LogP contribution in [0.3, 0.4) is 0 Å². The van der Waals surface area contributed by atoms with Gasteiger partial charge in [-0.25, -0.2) is 0 Å². The van der Waals surface area contributed by atoms with Crippen molar-refractivity contribution >= 4 is 18.3 Å². The highest BCUT2D eigenvalue weighted by molar-refractivity contribution is 5.85. The summed E-state index contributed by atoms with van der Waals surface area (Å²) in [7, 11) is 0. The summed E-state index contributed by atoms with van der Waals surface area (Å²) in [5.74, 6) is 2.05. The first-order chi connectivity index (χ1) is 11.2. The van der Waals surface area contributed by atoms with Gasteiger partial charge in [-0.3, -0.25) is 4.79 Å². The summed E-state index contributed by atoms with van der Waals surface area (Å²) in [6.45, 7) is 5.24. The van der Waals surface area contributed by atoms with Crippen LogP contribution in [0.25, 0.3) is 0 Å². The van der Waals surface area contributed by atoms with E-state index in [0.717, 1.165) is 38.3 Å². The van der Waals surface area contributed by atoms with Crippen LogP contribution in [0.5, 0.6) is 0 Å². The molecule has 0 aromatic heterocycles. The number of nitrogens with zero attached hydrogens (tertiary/aromatic N) is 1. The lowest BCUT2D eigenvalue weighted by Crippen LogP contribution is -2.46. The van der Waals surface area contributed by atoms with Crippen LogP contribution in [0.2, 0.25) is 0 Å². The standard InChI is InChI=1S/C20H28N2O.ClH/c1-14-4-2-3-5-17(14)18-12-19(18)20(23)22-10-8-16(9-11-22)21-13-15-6-7-15;/h2-5,15-16,18-19,21H,6-13H2,1H3;1H. The van der Waals surface area contributed by atoms with Gasteiger partial charge in [0.1, 0.15) is 0 Å². The topological polar surface area (TPSA) is 32.3 Å². The third kappa shape index (κ3) is 3.94. The molecule has 3 nitrogen and oxygen atoms in total. The van der Waals surface area contributed by atoms with Crippen molar-refractivity contribution in [2.45, 2.75) is 51.0 Å². The van der Waals surface area contributed by atoms with E-state index in [2.05, 4.69) is 41.4 Å². The van der Waals surface area contributed by atoms with Gasteiger partial charge >= 0.3 is 0 Å². The van der Waals surface area contributed by atoms with Gasteiger partial charge in [-0.15, -0.1) is 12.4 Å². The fourth-order valence-corrected chi connectivity index (χ4v) is 4.01. The Labute approximate surface area is 151 Å². The molecule has 1 saturated heterocycles. The molecule has 24 heavy (non-hydrogen) atoms. The molecule has 1 aromatic carbocycles. The first-order valence-corrected chi connectivity index (χ1v) is 9.30. The Hall–Kier alpha value is -1.06. The molecule has 1 N–H and O–H groups in total. The van der Waals surface area contributed by atoms with E-state index >= 15 is 0 Å². The maximum absolute atomic E-state index is 12.7. The van der Waals surface area contributed by atoms with Crippen molar-refractivity contribution in [2.75, 3.05) is 19.6 Å². The molecule has 1 amide bonds. The zero-order valence-electron chi connectivity index (χ0n) is 14.5. The quantitative estimate of drug-likeness (QED) is 0.883. The molecule has 4 rings (SSSR count). The number of rotatable bonds is 5. The van der Waals surface area contributed by atoms with Gasteiger partial charge < -0.3 is 10.2 Å². The predicted molar refractivity (Wildman–Crippen MR) is 99.6 cm³/mol. The van der Waals surface area contributed by atoms with Crippen molar-refractivity contribution < 1.29 is 4.79 Å². The van der Waals surface area contributed by atoms with Crippen LogP contribution in [0.4, 0.5) is 0 Å². The second kappa shape index (κ2) is 7.45. The number of hydrogen-bond acceptors (Lipinski definition) is 2. The Morgan fingerprint density at radius 2 is 1.88 bits per heavy atom. The largest absolute Gasteiger partial charge is 0.342 e. The fraction of sp³-hybridized carbons (Fsp3) is 0.650. The van der Waals surface area contributed by atoms with E-state index in [9.17, 15) is 4.79 Å². The number of carbonyl (C=O) groups is 1. The van der Waals surface area contributed by atoms with Crippen LogP contribution < -0.4 is 5.32 Å². The molecule has 0 radical (unpaired) electrons. The van der Waals surface area contributed by atoms with E-state index in [4.69, 9.17) is 0 Å². The Morgan fingerprint density at radius 3 is 2.54 bits per heavy atom. The number of benzene rings is 1. The van der Waals surface area contributed by atoms with Gasteiger partial charge in [0.05, 0.1) is 0 Å². The van der Waals surface area contributed by atoms with E-state index in [-0.39, 0.29) is 18.3 Å². The third-order valence-electron chi connectivity index (χ3n) is 5.89. The Kier molecular flexibility index (Phi) is 5.51. The maximum Gasteiger partial charge on any atom is 0.226 e. The molecule has 3 aliphatic rings.